The number of anilines is 1. The van der Waals surface area contributed by atoms with Gasteiger partial charge in [0.05, 0.1) is 17.6 Å². The molecule has 0 amide bonds. The van der Waals surface area contributed by atoms with E-state index in [0.29, 0.717) is 12.0 Å². The molecule has 3 heteroatoms. The molecule has 3 nitrogen and oxygen atoms in total. The van der Waals surface area contributed by atoms with Crippen molar-refractivity contribution in [3.8, 4) is 0 Å². The van der Waals surface area contributed by atoms with Gasteiger partial charge in [-0.2, -0.15) is 0 Å². The van der Waals surface area contributed by atoms with Gasteiger partial charge in [0, 0.05) is 18.6 Å². The van der Waals surface area contributed by atoms with Crippen LogP contribution in [0.15, 0.2) is 18.3 Å². The van der Waals surface area contributed by atoms with E-state index in [1.807, 2.05) is 6.20 Å². The van der Waals surface area contributed by atoms with Gasteiger partial charge in [-0.3, -0.25) is 4.98 Å². The highest BCUT2D eigenvalue weighted by molar-refractivity contribution is 5.45. The van der Waals surface area contributed by atoms with E-state index in [1.165, 1.54) is 5.69 Å². The zero-order valence-corrected chi connectivity index (χ0v) is 12.4. The first-order valence-corrected chi connectivity index (χ1v) is 6.93. The minimum absolute atomic E-state index is 0.0525. The molecule has 102 valence electrons. The third-order valence-electron chi connectivity index (χ3n) is 3.11. The monoisotopic (exact) mass is 249 g/mol. The maximum atomic E-state index is 5.98. The molecule has 0 saturated carbocycles. The first kappa shape index (κ1) is 15.0. The third kappa shape index (κ3) is 3.98. The normalized spacial score (nSPS) is 13.1. The van der Waals surface area contributed by atoms with Crippen molar-refractivity contribution in [1.29, 1.82) is 0 Å². The largest absolute Gasteiger partial charge is 0.368 e. The molecule has 0 bridgehead atoms. The minimum Gasteiger partial charge on any atom is -0.368 e. The fourth-order valence-corrected chi connectivity index (χ4v) is 2.00. The molecule has 0 fully saturated rings. The van der Waals surface area contributed by atoms with Crippen LogP contribution in [0.1, 0.15) is 52.8 Å². The highest BCUT2D eigenvalue weighted by Crippen LogP contribution is 2.20. The fraction of sp³-hybridized carbons (Fsp3) is 0.667. The summed E-state index contributed by atoms with van der Waals surface area (Å²) in [6, 6.07) is 4.73. The van der Waals surface area contributed by atoms with E-state index in [2.05, 4.69) is 56.6 Å². The molecule has 18 heavy (non-hydrogen) atoms. The van der Waals surface area contributed by atoms with Crippen molar-refractivity contribution in [3.63, 3.8) is 0 Å². The van der Waals surface area contributed by atoms with Crippen molar-refractivity contribution >= 4 is 5.69 Å². The maximum absolute atomic E-state index is 5.98. The Balaban J connectivity index is 2.86. The van der Waals surface area contributed by atoms with Crippen LogP contribution in [0.5, 0.6) is 0 Å². The Bertz CT molecular complexity index is 343. The molecule has 1 heterocycles. The molecular formula is C15H27N3. The predicted octanol–water partition coefficient (Wildman–Crippen LogP) is 3.36. The standard InChI is InChI=1S/C15H27N3/c1-6-14(16)15-8-7-13(9-17-15)18(12(4)5)10-11(2)3/h7-9,11-12,14H,6,10,16H2,1-5H3. The number of hydrogen-bond donors (Lipinski definition) is 1. The van der Waals surface area contributed by atoms with E-state index in [0.717, 1.165) is 18.7 Å². The van der Waals surface area contributed by atoms with E-state index in [9.17, 15) is 0 Å². The summed E-state index contributed by atoms with van der Waals surface area (Å²) < 4.78 is 0. The zero-order valence-electron chi connectivity index (χ0n) is 12.4. The molecule has 2 N–H and O–H groups in total. The van der Waals surface area contributed by atoms with Crippen LogP contribution in [0.3, 0.4) is 0 Å². The second-order valence-electron chi connectivity index (χ2n) is 5.60. The third-order valence-corrected chi connectivity index (χ3v) is 3.11. The smallest absolute Gasteiger partial charge is 0.0572 e. The van der Waals surface area contributed by atoms with Crippen molar-refractivity contribution in [3.05, 3.63) is 24.0 Å². The zero-order chi connectivity index (χ0) is 13.7. The lowest BCUT2D eigenvalue weighted by Crippen LogP contribution is -2.34. The van der Waals surface area contributed by atoms with Crippen molar-refractivity contribution in [2.45, 2.75) is 53.1 Å². The molecule has 1 aromatic heterocycles. The average Bonchev–Trinajstić information content (AvgIpc) is 2.34. The Morgan fingerprint density at radius 3 is 2.28 bits per heavy atom. The van der Waals surface area contributed by atoms with E-state index >= 15 is 0 Å². The van der Waals surface area contributed by atoms with Gasteiger partial charge >= 0.3 is 0 Å². The van der Waals surface area contributed by atoms with Gasteiger partial charge in [-0.25, -0.2) is 0 Å². The molecule has 0 aromatic carbocycles. The van der Waals surface area contributed by atoms with Gasteiger partial charge in [0.2, 0.25) is 0 Å². The van der Waals surface area contributed by atoms with Crippen LogP contribution in [0.4, 0.5) is 5.69 Å². The summed E-state index contributed by atoms with van der Waals surface area (Å²) in [6.07, 6.45) is 2.87. The van der Waals surface area contributed by atoms with Gasteiger partial charge in [-0.05, 0) is 38.3 Å². The summed E-state index contributed by atoms with van der Waals surface area (Å²) in [6.45, 7) is 12.1. The summed E-state index contributed by atoms with van der Waals surface area (Å²) in [7, 11) is 0. The van der Waals surface area contributed by atoms with Crippen LogP contribution < -0.4 is 10.6 Å². The Morgan fingerprint density at radius 2 is 1.89 bits per heavy atom. The highest BCUT2D eigenvalue weighted by atomic mass is 15.2. The Kier molecular flexibility index (Phi) is 5.60. The number of hydrogen-bond acceptors (Lipinski definition) is 3. The molecule has 1 rings (SSSR count). The molecule has 0 aliphatic rings. The lowest BCUT2D eigenvalue weighted by Gasteiger charge is -2.30. The van der Waals surface area contributed by atoms with Crippen molar-refractivity contribution in [2.75, 3.05) is 11.4 Å². The van der Waals surface area contributed by atoms with Crippen molar-refractivity contribution in [1.82, 2.24) is 4.98 Å². The van der Waals surface area contributed by atoms with Crippen LogP contribution in [0, 0.1) is 5.92 Å². The molecule has 0 aliphatic heterocycles. The number of nitrogens with two attached hydrogens (primary N) is 1. The lowest BCUT2D eigenvalue weighted by molar-refractivity contribution is 0.570. The molecule has 0 radical (unpaired) electrons. The fourth-order valence-electron chi connectivity index (χ4n) is 2.00. The van der Waals surface area contributed by atoms with Gasteiger partial charge in [-0.15, -0.1) is 0 Å². The highest BCUT2D eigenvalue weighted by Gasteiger charge is 2.13. The number of aromatic nitrogens is 1. The van der Waals surface area contributed by atoms with Gasteiger partial charge in [0.1, 0.15) is 0 Å². The van der Waals surface area contributed by atoms with Crippen LogP contribution in [0.2, 0.25) is 0 Å². The van der Waals surface area contributed by atoms with Crippen molar-refractivity contribution in [2.24, 2.45) is 11.7 Å². The van der Waals surface area contributed by atoms with Gasteiger partial charge < -0.3 is 10.6 Å². The molecular weight excluding hydrogens is 222 g/mol. The summed E-state index contributed by atoms with van der Waals surface area (Å²) in [5.41, 5.74) is 8.15. The second kappa shape index (κ2) is 6.74. The molecule has 0 aliphatic carbocycles. The predicted molar refractivity (Wildman–Crippen MR) is 78.8 cm³/mol. The molecule has 1 atom stereocenters. The van der Waals surface area contributed by atoms with E-state index in [1.54, 1.807) is 0 Å². The SMILES string of the molecule is CCC(N)c1ccc(N(CC(C)C)C(C)C)cn1. The number of pyridine rings is 1. The summed E-state index contributed by atoms with van der Waals surface area (Å²) >= 11 is 0. The minimum atomic E-state index is 0.0525. The molecule has 0 spiro atoms. The lowest BCUT2D eigenvalue weighted by atomic mass is 10.1. The Morgan fingerprint density at radius 1 is 1.22 bits per heavy atom. The molecule has 1 unspecified atom stereocenters. The van der Waals surface area contributed by atoms with Gasteiger partial charge in [-0.1, -0.05) is 20.8 Å². The average molecular weight is 249 g/mol. The van der Waals surface area contributed by atoms with Crippen molar-refractivity contribution < 1.29 is 0 Å². The van der Waals surface area contributed by atoms with Gasteiger partial charge in [0.15, 0.2) is 0 Å². The topological polar surface area (TPSA) is 42.1 Å². The first-order chi connectivity index (χ1) is 8.45. The van der Waals surface area contributed by atoms with Crippen LogP contribution in [0.25, 0.3) is 0 Å². The van der Waals surface area contributed by atoms with Crippen LogP contribution in [-0.2, 0) is 0 Å². The summed E-state index contributed by atoms with van der Waals surface area (Å²) in [4.78, 5) is 6.88. The first-order valence-electron chi connectivity index (χ1n) is 6.93. The maximum Gasteiger partial charge on any atom is 0.0572 e. The van der Waals surface area contributed by atoms with Gasteiger partial charge in [0.25, 0.3) is 0 Å². The van der Waals surface area contributed by atoms with Crippen LogP contribution in [-0.4, -0.2) is 17.6 Å². The van der Waals surface area contributed by atoms with E-state index < -0.39 is 0 Å². The van der Waals surface area contributed by atoms with E-state index in [4.69, 9.17) is 5.73 Å². The van der Waals surface area contributed by atoms with Crippen LogP contribution >= 0.6 is 0 Å². The summed E-state index contributed by atoms with van der Waals surface area (Å²) in [5, 5.41) is 0. The molecule has 1 aromatic rings. The Hall–Kier alpha value is -1.09. The molecule has 0 saturated heterocycles. The Labute approximate surface area is 111 Å². The number of nitrogens with zero attached hydrogens (tertiary/aromatic N) is 2. The van der Waals surface area contributed by atoms with E-state index in [-0.39, 0.29) is 6.04 Å². The second-order valence-corrected chi connectivity index (χ2v) is 5.60. The quantitative estimate of drug-likeness (QED) is 0.840. The summed E-state index contributed by atoms with van der Waals surface area (Å²) in [5.74, 6) is 0.643. The number of rotatable bonds is 6.